The number of carbonyl (C=O) groups excluding carboxylic acids is 2. The quantitative estimate of drug-likeness (QED) is 0.806. The lowest BCUT2D eigenvalue weighted by molar-refractivity contribution is -0.274. The monoisotopic (exact) mass is 422 g/mol. The normalized spacial score (nSPS) is 23.8. The molecule has 2 atom stereocenters. The number of amides is 2. The Balaban J connectivity index is 1.54. The molecular weight excluding hydrogens is 405 g/mol. The molecule has 0 radical (unpaired) electrons. The Kier molecular flexibility index (Phi) is 4.94. The van der Waals surface area contributed by atoms with E-state index in [-0.39, 0.29) is 11.6 Å². The molecule has 0 aliphatic carbocycles. The van der Waals surface area contributed by atoms with Gasteiger partial charge in [-0.3, -0.25) is 9.59 Å². The number of benzene rings is 2. The van der Waals surface area contributed by atoms with Crippen LogP contribution in [0.25, 0.3) is 0 Å². The molecule has 0 bridgehead atoms. The van der Waals surface area contributed by atoms with Crippen molar-refractivity contribution in [1.29, 1.82) is 0 Å². The summed E-state index contributed by atoms with van der Waals surface area (Å²) in [6.07, 6.45) is -3.86. The number of carbonyl (C=O) groups is 2. The molecule has 9 heteroatoms. The van der Waals surface area contributed by atoms with Gasteiger partial charge in [0, 0.05) is 23.9 Å². The molecule has 2 aliphatic rings. The van der Waals surface area contributed by atoms with Crippen LogP contribution in [0.15, 0.2) is 54.6 Å². The van der Waals surface area contributed by atoms with E-state index in [2.05, 4.69) is 10.1 Å². The number of rotatable bonds is 4. The Morgan fingerprint density at radius 1 is 1.17 bits per heavy atom. The van der Waals surface area contributed by atoms with Gasteiger partial charge in [0.25, 0.3) is 0 Å². The predicted molar refractivity (Wildman–Crippen MR) is 102 cm³/mol. The summed E-state index contributed by atoms with van der Waals surface area (Å²) in [6, 6.07) is 13.9. The van der Waals surface area contributed by atoms with Crippen LogP contribution in [-0.2, 0) is 14.5 Å². The van der Waals surface area contributed by atoms with Crippen LogP contribution in [0.1, 0.15) is 18.4 Å². The molecule has 152 valence electrons. The highest BCUT2D eigenvalue weighted by atomic mass is 32.2. The molecule has 1 N–H and O–H groups in total. The Morgan fingerprint density at radius 3 is 2.66 bits per heavy atom. The average molecular weight is 422 g/mol. The first-order chi connectivity index (χ1) is 13.8. The number of nitrogens with one attached hydrogen (secondary N) is 1. The Morgan fingerprint density at radius 2 is 1.93 bits per heavy atom. The Bertz CT molecular complexity index is 938. The van der Waals surface area contributed by atoms with E-state index >= 15 is 0 Å². The molecule has 5 nitrogen and oxygen atoms in total. The Hall–Kier alpha value is -2.68. The van der Waals surface area contributed by atoms with Gasteiger partial charge in [-0.1, -0.05) is 36.4 Å². The third kappa shape index (κ3) is 3.78. The van der Waals surface area contributed by atoms with E-state index in [0.717, 1.165) is 17.7 Å². The molecule has 2 saturated heterocycles. The van der Waals surface area contributed by atoms with Crippen molar-refractivity contribution in [2.75, 3.05) is 11.1 Å². The van der Waals surface area contributed by atoms with Gasteiger partial charge >= 0.3 is 6.36 Å². The maximum atomic E-state index is 12.9. The molecule has 2 fully saturated rings. The number of hydrogen-bond donors (Lipinski definition) is 1. The summed E-state index contributed by atoms with van der Waals surface area (Å²) in [5.74, 6) is -0.555. The van der Waals surface area contributed by atoms with E-state index in [1.54, 1.807) is 16.7 Å². The summed E-state index contributed by atoms with van der Waals surface area (Å²) in [6.45, 7) is 0. The van der Waals surface area contributed by atoms with Crippen molar-refractivity contribution < 1.29 is 27.5 Å². The van der Waals surface area contributed by atoms with E-state index in [1.807, 2.05) is 30.3 Å². The van der Waals surface area contributed by atoms with Gasteiger partial charge in [0.15, 0.2) is 0 Å². The fourth-order valence-electron chi connectivity index (χ4n) is 3.83. The third-order valence-corrected chi connectivity index (χ3v) is 6.59. The van der Waals surface area contributed by atoms with E-state index in [9.17, 15) is 22.8 Å². The van der Waals surface area contributed by atoms with Gasteiger partial charge in [-0.2, -0.15) is 0 Å². The van der Waals surface area contributed by atoms with E-state index in [4.69, 9.17) is 0 Å². The van der Waals surface area contributed by atoms with Crippen LogP contribution in [0, 0.1) is 0 Å². The van der Waals surface area contributed by atoms with Crippen LogP contribution in [0.5, 0.6) is 5.75 Å². The summed E-state index contributed by atoms with van der Waals surface area (Å²) < 4.78 is 41.1. The topological polar surface area (TPSA) is 58.6 Å². The van der Waals surface area contributed by atoms with Crippen LogP contribution < -0.4 is 10.1 Å². The number of fused-ring (bicyclic) bond motifs is 1. The number of thioether (sulfide) groups is 1. The smallest absolute Gasteiger partial charge is 0.406 e. The van der Waals surface area contributed by atoms with E-state index < -0.39 is 28.9 Å². The van der Waals surface area contributed by atoms with E-state index in [0.29, 0.717) is 18.6 Å². The molecular formula is C20H17F3N2O3S. The number of halogens is 3. The highest BCUT2D eigenvalue weighted by Gasteiger charge is 2.56. The standard InChI is InChI=1S/C20H17F3N2O3S/c21-20(22,23)28-15-8-4-7-14(11-15)24-18(27)16-12-29-19(10-9-17(26)25(16)19)13-5-2-1-3-6-13/h1-8,11,16H,9-10,12H2,(H,24,27)/t16-,19+/m1/s1. The first kappa shape index (κ1) is 19.6. The molecule has 2 aliphatic heterocycles. The second kappa shape index (κ2) is 7.29. The van der Waals surface area contributed by atoms with Crippen LogP contribution in [0.2, 0.25) is 0 Å². The lowest BCUT2D eigenvalue weighted by Gasteiger charge is -2.34. The van der Waals surface area contributed by atoms with E-state index in [1.165, 1.54) is 12.1 Å². The van der Waals surface area contributed by atoms with Crippen molar-refractivity contribution in [3.63, 3.8) is 0 Å². The number of nitrogens with zero attached hydrogens (tertiary/aromatic N) is 1. The third-order valence-electron chi connectivity index (χ3n) is 4.99. The first-order valence-corrected chi connectivity index (χ1v) is 9.95. The fraction of sp³-hybridized carbons (Fsp3) is 0.300. The molecule has 2 heterocycles. The highest BCUT2D eigenvalue weighted by molar-refractivity contribution is 8.00. The van der Waals surface area contributed by atoms with Crippen LogP contribution >= 0.6 is 11.8 Å². The number of ether oxygens (including phenoxy) is 1. The summed E-state index contributed by atoms with van der Waals surface area (Å²) >= 11 is 1.55. The SMILES string of the molecule is O=C(Nc1cccc(OC(F)(F)F)c1)[C@H]1CS[C@]2(c3ccccc3)CCC(=O)N12. The molecule has 2 aromatic rings. The molecule has 4 rings (SSSR count). The largest absolute Gasteiger partial charge is 0.573 e. The lowest BCUT2D eigenvalue weighted by atomic mass is 10.0. The Labute approximate surface area is 169 Å². The zero-order valence-corrected chi connectivity index (χ0v) is 15.9. The van der Waals surface area contributed by atoms with Gasteiger partial charge in [0.1, 0.15) is 16.7 Å². The van der Waals surface area contributed by atoms with Crippen LogP contribution in [0.3, 0.4) is 0 Å². The van der Waals surface area contributed by atoms with Gasteiger partial charge in [-0.15, -0.1) is 24.9 Å². The number of alkyl halides is 3. The lowest BCUT2D eigenvalue weighted by Crippen LogP contribution is -2.48. The van der Waals surface area contributed by atoms with Gasteiger partial charge in [0.05, 0.1) is 0 Å². The van der Waals surface area contributed by atoms with Crippen molar-refractivity contribution in [2.45, 2.75) is 30.1 Å². The van der Waals surface area contributed by atoms with Crippen molar-refractivity contribution in [3.05, 3.63) is 60.2 Å². The van der Waals surface area contributed by atoms with Gasteiger partial charge in [-0.25, -0.2) is 0 Å². The molecule has 0 aromatic heterocycles. The zero-order valence-electron chi connectivity index (χ0n) is 15.1. The van der Waals surface area contributed by atoms with Gasteiger partial charge < -0.3 is 15.0 Å². The second-order valence-corrected chi connectivity index (χ2v) is 8.10. The fourth-order valence-corrected chi connectivity index (χ4v) is 5.48. The van der Waals surface area contributed by atoms with Gasteiger partial charge in [-0.05, 0) is 24.1 Å². The number of anilines is 1. The summed E-state index contributed by atoms with van der Waals surface area (Å²) in [4.78, 5) is 26.5. The molecule has 2 amide bonds. The second-order valence-electron chi connectivity index (χ2n) is 6.81. The molecule has 29 heavy (non-hydrogen) atoms. The molecule has 0 saturated carbocycles. The van der Waals surface area contributed by atoms with Crippen molar-refractivity contribution in [2.24, 2.45) is 0 Å². The summed E-state index contributed by atoms with van der Waals surface area (Å²) in [5, 5.41) is 2.62. The highest BCUT2D eigenvalue weighted by Crippen LogP contribution is 2.54. The predicted octanol–water partition coefficient (Wildman–Crippen LogP) is 4.11. The average Bonchev–Trinajstić information content (AvgIpc) is 3.21. The van der Waals surface area contributed by atoms with Crippen molar-refractivity contribution >= 4 is 29.3 Å². The van der Waals surface area contributed by atoms with Crippen LogP contribution in [0.4, 0.5) is 18.9 Å². The maximum Gasteiger partial charge on any atom is 0.573 e. The molecule has 0 unspecified atom stereocenters. The first-order valence-electron chi connectivity index (χ1n) is 8.97. The van der Waals surface area contributed by atoms with Crippen LogP contribution in [-0.4, -0.2) is 34.9 Å². The molecule has 2 aromatic carbocycles. The number of hydrogen-bond acceptors (Lipinski definition) is 4. The summed E-state index contributed by atoms with van der Waals surface area (Å²) in [5.41, 5.74) is 1.14. The summed E-state index contributed by atoms with van der Waals surface area (Å²) in [7, 11) is 0. The minimum Gasteiger partial charge on any atom is -0.406 e. The maximum absolute atomic E-state index is 12.9. The van der Waals surface area contributed by atoms with Crippen molar-refractivity contribution in [1.82, 2.24) is 4.90 Å². The zero-order chi connectivity index (χ0) is 20.6. The van der Waals surface area contributed by atoms with Crippen molar-refractivity contribution in [3.8, 4) is 5.75 Å². The van der Waals surface area contributed by atoms with Gasteiger partial charge in [0.2, 0.25) is 11.8 Å². The molecule has 0 spiro atoms. The minimum absolute atomic E-state index is 0.104. The minimum atomic E-state index is -4.82.